The number of hydrogen-bond donors (Lipinski definition) is 1. The van der Waals surface area contributed by atoms with E-state index < -0.39 is 10.8 Å². The molecule has 4 rings (SSSR count). The zero-order chi connectivity index (χ0) is 25.5. The van der Waals surface area contributed by atoms with E-state index in [0.717, 1.165) is 23.1 Å². The zero-order valence-electron chi connectivity index (χ0n) is 20.8. The van der Waals surface area contributed by atoms with Crippen molar-refractivity contribution < 1.29 is 19.1 Å². The Balaban J connectivity index is 1.59. The van der Waals surface area contributed by atoms with Crippen molar-refractivity contribution >= 4 is 40.3 Å². The molecule has 3 amide bonds. The molecule has 2 heterocycles. The first kappa shape index (κ1) is 24.8. The van der Waals surface area contributed by atoms with Crippen LogP contribution in [0.4, 0.5) is 5.69 Å². The van der Waals surface area contributed by atoms with Crippen molar-refractivity contribution in [2.75, 3.05) is 18.1 Å². The molecular weight excluding hydrogens is 464 g/mol. The Morgan fingerprint density at radius 3 is 2.40 bits per heavy atom. The number of amides is 3. The monoisotopic (exact) mass is 494 g/mol. The van der Waals surface area contributed by atoms with E-state index in [1.807, 2.05) is 49.4 Å². The number of aryl methyl sites for hydroxylation is 1. The third-order valence-electron chi connectivity index (χ3n) is 5.96. The average Bonchev–Trinajstić information content (AvgIpc) is 3.25. The number of carbonyl (C=O) groups excluding carboxylic acids is 3. The van der Waals surface area contributed by atoms with Crippen LogP contribution in [0, 0.1) is 6.92 Å². The van der Waals surface area contributed by atoms with Crippen LogP contribution in [-0.4, -0.2) is 41.0 Å². The normalized spacial score (nSPS) is 19.1. The van der Waals surface area contributed by atoms with E-state index >= 15 is 0 Å². The maximum absolute atomic E-state index is 13.9. The summed E-state index contributed by atoms with van der Waals surface area (Å²) in [6.07, 6.45) is 0. The summed E-state index contributed by atoms with van der Waals surface area (Å²) in [6.45, 7) is 11.7. The van der Waals surface area contributed by atoms with Crippen molar-refractivity contribution in [3.63, 3.8) is 0 Å². The number of hydrogen-bond acceptors (Lipinski definition) is 6. The van der Waals surface area contributed by atoms with E-state index in [4.69, 9.17) is 4.74 Å². The van der Waals surface area contributed by atoms with Crippen molar-refractivity contribution in [1.29, 1.82) is 0 Å². The molecule has 0 unspecified atom stereocenters. The second kappa shape index (κ2) is 9.03. The first-order valence-corrected chi connectivity index (χ1v) is 12.3. The van der Waals surface area contributed by atoms with Crippen LogP contribution in [0.3, 0.4) is 0 Å². The highest BCUT2D eigenvalue weighted by molar-refractivity contribution is 8.15. The Morgan fingerprint density at radius 2 is 1.80 bits per heavy atom. The van der Waals surface area contributed by atoms with Crippen molar-refractivity contribution in [3.8, 4) is 5.75 Å². The summed E-state index contributed by atoms with van der Waals surface area (Å²) in [6, 6.07) is 13.7. The molecule has 0 aromatic heterocycles. The Labute approximate surface area is 209 Å². The summed E-state index contributed by atoms with van der Waals surface area (Å²) in [5.41, 5.74) is 3.58. The highest BCUT2D eigenvalue weighted by atomic mass is 32.2. The zero-order valence-corrected chi connectivity index (χ0v) is 21.7. The first-order valence-electron chi connectivity index (χ1n) is 11.5. The third-order valence-corrected chi connectivity index (χ3v) is 7.20. The van der Waals surface area contributed by atoms with E-state index in [9.17, 15) is 14.4 Å². The molecule has 2 aliphatic heterocycles. The number of fused-ring (bicyclic) bond motifs is 2. The van der Waals surface area contributed by atoms with Gasteiger partial charge in [0.2, 0.25) is 16.7 Å². The number of benzene rings is 2. The predicted octanol–water partition coefficient (Wildman–Crippen LogP) is 3.87. The van der Waals surface area contributed by atoms with Crippen molar-refractivity contribution in [2.24, 2.45) is 5.10 Å². The Bertz CT molecular complexity index is 1220. The molecule has 2 aromatic rings. The predicted molar refractivity (Wildman–Crippen MR) is 137 cm³/mol. The van der Waals surface area contributed by atoms with Gasteiger partial charge < -0.3 is 15.0 Å². The van der Waals surface area contributed by atoms with Gasteiger partial charge >= 0.3 is 0 Å². The van der Waals surface area contributed by atoms with E-state index in [-0.39, 0.29) is 29.0 Å². The van der Waals surface area contributed by atoms with Crippen LogP contribution in [0.15, 0.2) is 47.6 Å². The van der Waals surface area contributed by atoms with Crippen molar-refractivity contribution in [1.82, 2.24) is 10.3 Å². The summed E-state index contributed by atoms with van der Waals surface area (Å²) < 4.78 is 5.95. The maximum Gasteiger partial charge on any atom is 0.270 e. The van der Waals surface area contributed by atoms with Crippen molar-refractivity contribution in [3.05, 3.63) is 59.2 Å². The lowest BCUT2D eigenvalue weighted by atomic mass is 9.87. The third kappa shape index (κ3) is 4.52. The van der Waals surface area contributed by atoms with Gasteiger partial charge in [-0.2, -0.15) is 5.01 Å². The average molecular weight is 495 g/mol. The van der Waals surface area contributed by atoms with E-state index in [2.05, 4.69) is 31.2 Å². The maximum atomic E-state index is 13.9. The Morgan fingerprint density at radius 1 is 1.11 bits per heavy atom. The smallest absolute Gasteiger partial charge is 0.270 e. The summed E-state index contributed by atoms with van der Waals surface area (Å²) in [7, 11) is 0. The lowest BCUT2D eigenvalue weighted by Crippen LogP contribution is -2.49. The molecule has 0 fully saturated rings. The topological polar surface area (TPSA) is 91.3 Å². The number of hydrazone groups is 1. The first-order chi connectivity index (χ1) is 16.4. The second-order valence-electron chi connectivity index (χ2n) is 9.76. The number of rotatable bonds is 4. The highest BCUT2D eigenvalue weighted by Gasteiger charge is 2.61. The summed E-state index contributed by atoms with van der Waals surface area (Å²) in [5, 5.41) is 8.30. The van der Waals surface area contributed by atoms with Gasteiger partial charge in [-0.1, -0.05) is 50.6 Å². The second-order valence-corrected chi connectivity index (χ2v) is 10.9. The minimum Gasteiger partial charge on any atom is -0.492 e. The van der Waals surface area contributed by atoms with Gasteiger partial charge in [0.15, 0.2) is 5.17 Å². The van der Waals surface area contributed by atoms with E-state index in [0.29, 0.717) is 17.8 Å². The fraction of sp³-hybridized carbons (Fsp3) is 0.385. The lowest BCUT2D eigenvalue weighted by Gasteiger charge is -2.29. The molecule has 0 bridgehead atoms. The lowest BCUT2D eigenvalue weighted by molar-refractivity contribution is -0.139. The summed E-state index contributed by atoms with van der Waals surface area (Å²) >= 11 is 1.07. The number of thioether (sulfide) groups is 1. The molecule has 0 aliphatic carbocycles. The molecule has 8 nitrogen and oxygen atoms in total. The van der Waals surface area contributed by atoms with Gasteiger partial charge in [-0.15, -0.1) is 5.10 Å². The Hall–Kier alpha value is -3.33. The van der Waals surface area contributed by atoms with Crippen LogP contribution in [0.2, 0.25) is 0 Å². The molecule has 1 spiro atoms. The van der Waals surface area contributed by atoms with E-state index in [1.165, 1.54) is 24.4 Å². The van der Waals surface area contributed by atoms with Crippen LogP contribution in [0.1, 0.15) is 51.3 Å². The number of nitrogens with one attached hydrogen (secondary N) is 1. The van der Waals surface area contributed by atoms with E-state index in [1.54, 1.807) is 4.90 Å². The minimum absolute atomic E-state index is 0.0519. The Kier molecular flexibility index (Phi) is 6.40. The molecule has 35 heavy (non-hydrogen) atoms. The number of ether oxygens (including phenoxy) is 1. The van der Waals surface area contributed by atoms with Gasteiger partial charge in [0.1, 0.15) is 12.4 Å². The van der Waals surface area contributed by atoms with Crippen molar-refractivity contribution in [2.45, 2.75) is 51.8 Å². The molecule has 1 atom stereocenters. The van der Waals surface area contributed by atoms with Gasteiger partial charge in [-0.25, -0.2) is 0 Å². The van der Waals surface area contributed by atoms with Gasteiger partial charge in [0, 0.05) is 19.4 Å². The minimum atomic E-state index is -1.40. The fourth-order valence-electron chi connectivity index (χ4n) is 4.25. The molecule has 0 saturated carbocycles. The highest BCUT2D eigenvalue weighted by Crippen LogP contribution is 2.54. The van der Waals surface area contributed by atoms with Gasteiger partial charge in [0.25, 0.3) is 5.91 Å². The standard InChI is InChI=1S/C26H30N4O4S/c1-16-7-12-22-21(15-16)26(30(18(3)32)28-24(35-26)27-17(2)31)23(33)29(22)13-14-34-20-10-8-19(9-11-20)25(4,5)6/h7-12,15H,13-14H2,1-6H3,(H,27,28,31)/t26-/m0/s1. The molecule has 2 aliphatic rings. The molecule has 184 valence electrons. The fourth-order valence-corrected chi connectivity index (χ4v) is 5.58. The van der Waals surface area contributed by atoms with Gasteiger partial charge in [-0.05, 0) is 47.9 Å². The number of anilines is 1. The number of carbonyl (C=O) groups is 3. The van der Waals surface area contributed by atoms with Crippen LogP contribution in [-0.2, 0) is 24.7 Å². The molecule has 0 radical (unpaired) electrons. The van der Waals surface area contributed by atoms with Crippen LogP contribution in [0.25, 0.3) is 0 Å². The molecular formula is C26H30N4O4S. The van der Waals surface area contributed by atoms with Gasteiger partial charge in [0.05, 0.1) is 12.2 Å². The number of amidine groups is 1. The SMILES string of the molecule is CC(=O)NC1=NN(C(C)=O)[C@@]2(S1)C(=O)N(CCOc1ccc(C(C)(C)C)cc1)c1ccc(C)cc12. The molecule has 0 saturated heterocycles. The molecule has 9 heteroatoms. The number of nitrogens with zero attached hydrogens (tertiary/aromatic N) is 3. The summed E-state index contributed by atoms with van der Waals surface area (Å²) in [5.74, 6) is -0.292. The summed E-state index contributed by atoms with van der Waals surface area (Å²) in [4.78, 5) is 38.4. The van der Waals surface area contributed by atoms with Gasteiger partial charge in [-0.3, -0.25) is 14.4 Å². The largest absolute Gasteiger partial charge is 0.492 e. The van der Waals surface area contributed by atoms with Crippen LogP contribution in [0.5, 0.6) is 5.75 Å². The van der Waals surface area contributed by atoms with Crippen LogP contribution < -0.4 is 15.0 Å². The molecule has 1 N–H and O–H groups in total. The van der Waals surface area contributed by atoms with Crippen LogP contribution >= 0.6 is 11.8 Å². The molecule has 2 aromatic carbocycles. The quantitative estimate of drug-likeness (QED) is 0.697.